The summed E-state index contributed by atoms with van der Waals surface area (Å²) in [5, 5.41) is 18.0. The van der Waals surface area contributed by atoms with Crippen LogP contribution >= 0.6 is 0 Å². The van der Waals surface area contributed by atoms with E-state index in [2.05, 4.69) is 12.7 Å². The first-order valence-electron chi connectivity index (χ1n) is 4.76. The number of aliphatic hydroxyl groups is 2. The van der Waals surface area contributed by atoms with Crippen molar-refractivity contribution in [3.63, 3.8) is 0 Å². The Morgan fingerprint density at radius 1 is 1.54 bits per heavy atom. The van der Waals surface area contributed by atoms with Crippen LogP contribution in [0.15, 0.2) is 24.3 Å². The van der Waals surface area contributed by atoms with Crippen molar-refractivity contribution in [2.24, 2.45) is 0 Å². The molecule has 1 unspecified atom stereocenters. The molecular weight excluding hydrogens is 164 g/mol. The van der Waals surface area contributed by atoms with E-state index in [0.29, 0.717) is 6.42 Å². The fraction of sp³-hybridized carbons (Fsp3) is 0.636. The molecule has 2 heteroatoms. The molecule has 0 aromatic heterocycles. The summed E-state index contributed by atoms with van der Waals surface area (Å²) in [5.41, 5.74) is 1.19. The molecule has 0 aromatic carbocycles. The van der Waals surface area contributed by atoms with Gasteiger partial charge in [0, 0.05) is 6.61 Å². The lowest BCUT2D eigenvalue weighted by molar-refractivity contribution is 0.169. The molecule has 0 spiro atoms. The third kappa shape index (κ3) is 7.75. The fourth-order valence-corrected chi connectivity index (χ4v) is 1.11. The zero-order valence-electron chi connectivity index (χ0n) is 8.37. The Morgan fingerprint density at radius 2 is 2.23 bits per heavy atom. The van der Waals surface area contributed by atoms with Crippen LogP contribution < -0.4 is 0 Å². The van der Waals surface area contributed by atoms with E-state index in [-0.39, 0.29) is 12.7 Å². The third-order valence-corrected chi connectivity index (χ3v) is 1.94. The summed E-state index contributed by atoms with van der Waals surface area (Å²) >= 11 is 0. The molecule has 0 fully saturated rings. The van der Waals surface area contributed by atoms with Gasteiger partial charge in [-0.15, -0.1) is 6.58 Å². The zero-order chi connectivity index (χ0) is 10.1. The minimum atomic E-state index is -0.268. The van der Waals surface area contributed by atoms with Crippen LogP contribution in [0.2, 0.25) is 0 Å². The summed E-state index contributed by atoms with van der Waals surface area (Å²) in [7, 11) is 0. The maximum absolute atomic E-state index is 9.34. The van der Waals surface area contributed by atoms with E-state index in [0.717, 1.165) is 19.3 Å². The average molecular weight is 184 g/mol. The van der Waals surface area contributed by atoms with Crippen LogP contribution in [-0.2, 0) is 0 Å². The predicted octanol–water partition coefficient (Wildman–Crippen LogP) is 2.03. The van der Waals surface area contributed by atoms with Gasteiger partial charge in [-0.1, -0.05) is 17.7 Å². The molecule has 0 aliphatic rings. The van der Waals surface area contributed by atoms with Crippen LogP contribution in [0.4, 0.5) is 0 Å². The van der Waals surface area contributed by atoms with Crippen molar-refractivity contribution in [2.75, 3.05) is 6.61 Å². The Kier molecular flexibility index (Phi) is 7.65. The van der Waals surface area contributed by atoms with Crippen LogP contribution in [0.5, 0.6) is 0 Å². The van der Waals surface area contributed by atoms with Gasteiger partial charge in [-0.3, -0.25) is 0 Å². The molecule has 0 bridgehead atoms. The molecule has 0 saturated carbocycles. The van der Waals surface area contributed by atoms with Crippen molar-refractivity contribution in [3.05, 3.63) is 24.3 Å². The van der Waals surface area contributed by atoms with Crippen molar-refractivity contribution in [1.82, 2.24) is 0 Å². The van der Waals surface area contributed by atoms with Crippen molar-refractivity contribution >= 4 is 0 Å². The van der Waals surface area contributed by atoms with Crippen LogP contribution in [0.3, 0.4) is 0 Å². The van der Waals surface area contributed by atoms with Gasteiger partial charge >= 0.3 is 0 Å². The lowest BCUT2D eigenvalue weighted by Crippen LogP contribution is -2.03. The summed E-state index contributed by atoms with van der Waals surface area (Å²) in [6.45, 7) is 5.77. The van der Waals surface area contributed by atoms with E-state index in [1.165, 1.54) is 5.57 Å². The SMILES string of the molecule is C=CCC(O)CCC=C(C)CCO. The average Bonchev–Trinajstić information content (AvgIpc) is 2.05. The number of aliphatic hydroxyl groups excluding tert-OH is 2. The molecular formula is C11H20O2. The Bertz CT molecular complexity index is 161. The highest BCUT2D eigenvalue weighted by Crippen LogP contribution is 2.06. The molecule has 0 amide bonds. The van der Waals surface area contributed by atoms with Crippen LogP contribution in [0.25, 0.3) is 0 Å². The van der Waals surface area contributed by atoms with Gasteiger partial charge in [-0.25, -0.2) is 0 Å². The maximum atomic E-state index is 9.34. The number of hydrogen-bond donors (Lipinski definition) is 2. The summed E-state index contributed by atoms with van der Waals surface area (Å²) in [4.78, 5) is 0. The Balaban J connectivity index is 3.52. The molecule has 0 saturated heterocycles. The number of allylic oxidation sites excluding steroid dienone is 1. The lowest BCUT2D eigenvalue weighted by atomic mass is 10.1. The first kappa shape index (κ1) is 12.4. The van der Waals surface area contributed by atoms with Gasteiger partial charge in [0.15, 0.2) is 0 Å². The first-order chi connectivity index (χ1) is 6.20. The largest absolute Gasteiger partial charge is 0.396 e. The zero-order valence-corrected chi connectivity index (χ0v) is 8.37. The van der Waals surface area contributed by atoms with E-state index in [1.807, 2.05) is 6.92 Å². The van der Waals surface area contributed by atoms with E-state index in [4.69, 9.17) is 5.11 Å². The minimum Gasteiger partial charge on any atom is -0.396 e. The molecule has 2 N–H and O–H groups in total. The molecule has 0 radical (unpaired) electrons. The second-order valence-corrected chi connectivity index (χ2v) is 3.28. The van der Waals surface area contributed by atoms with Crippen molar-refractivity contribution in [2.45, 2.75) is 38.7 Å². The van der Waals surface area contributed by atoms with Gasteiger partial charge < -0.3 is 10.2 Å². The molecule has 1 atom stereocenters. The highest BCUT2D eigenvalue weighted by molar-refractivity contribution is 4.97. The molecule has 0 heterocycles. The topological polar surface area (TPSA) is 40.5 Å². The Morgan fingerprint density at radius 3 is 2.77 bits per heavy atom. The molecule has 76 valence electrons. The van der Waals surface area contributed by atoms with E-state index in [9.17, 15) is 5.11 Å². The molecule has 0 aliphatic heterocycles. The van der Waals surface area contributed by atoms with Crippen LogP contribution in [0.1, 0.15) is 32.6 Å². The molecule has 2 nitrogen and oxygen atoms in total. The van der Waals surface area contributed by atoms with Gasteiger partial charge in [0.1, 0.15) is 0 Å². The summed E-state index contributed by atoms with van der Waals surface area (Å²) in [6, 6.07) is 0. The molecule has 0 aliphatic carbocycles. The smallest absolute Gasteiger partial charge is 0.0577 e. The number of hydrogen-bond acceptors (Lipinski definition) is 2. The second kappa shape index (κ2) is 8.02. The number of rotatable bonds is 7. The maximum Gasteiger partial charge on any atom is 0.0577 e. The normalized spacial score (nSPS) is 14.2. The third-order valence-electron chi connectivity index (χ3n) is 1.94. The van der Waals surface area contributed by atoms with E-state index in [1.54, 1.807) is 6.08 Å². The van der Waals surface area contributed by atoms with Gasteiger partial charge in [-0.2, -0.15) is 0 Å². The Labute approximate surface area is 80.6 Å². The summed E-state index contributed by atoms with van der Waals surface area (Å²) < 4.78 is 0. The lowest BCUT2D eigenvalue weighted by Gasteiger charge is -2.05. The summed E-state index contributed by atoms with van der Waals surface area (Å²) in [5.74, 6) is 0. The van der Waals surface area contributed by atoms with E-state index < -0.39 is 0 Å². The van der Waals surface area contributed by atoms with Crippen molar-refractivity contribution in [3.8, 4) is 0 Å². The first-order valence-corrected chi connectivity index (χ1v) is 4.76. The minimum absolute atomic E-state index is 0.206. The van der Waals surface area contributed by atoms with Crippen molar-refractivity contribution in [1.29, 1.82) is 0 Å². The van der Waals surface area contributed by atoms with Gasteiger partial charge in [0.2, 0.25) is 0 Å². The van der Waals surface area contributed by atoms with E-state index >= 15 is 0 Å². The standard InChI is InChI=1S/C11H20O2/c1-3-5-11(13)7-4-6-10(2)8-9-12/h3,6,11-13H,1,4-5,7-9H2,2H3. The molecule has 0 rings (SSSR count). The van der Waals surface area contributed by atoms with Crippen LogP contribution in [-0.4, -0.2) is 22.9 Å². The monoisotopic (exact) mass is 184 g/mol. The highest BCUT2D eigenvalue weighted by Gasteiger charge is 1.98. The highest BCUT2D eigenvalue weighted by atomic mass is 16.3. The van der Waals surface area contributed by atoms with Crippen LogP contribution in [0, 0.1) is 0 Å². The predicted molar refractivity (Wildman–Crippen MR) is 55.5 cm³/mol. The molecule has 13 heavy (non-hydrogen) atoms. The fourth-order valence-electron chi connectivity index (χ4n) is 1.11. The quantitative estimate of drug-likeness (QED) is 0.594. The second-order valence-electron chi connectivity index (χ2n) is 3.28. The van der Waals surface area contributed by atoms with Crippen molar-refractivity contribution < 1.29 is 10.2 Å². The van der Waals surface area contributed by atoms with Gasteiger partial charge in [0.05, 0.1) is 6.10 Å². The molecule has 0 aromatic rings. The summed E-state index contributed by atoms with van der Waals surface area (Å²) in [6.07, 6.45) is 6.58. The van der Waals surface area contributed by atoms with Gasteiger partial charge in [-0.05, 0) is 32.6 Å². The Hall–Kier alpha value is -0.600. The van der Waals surface area contributed by atoms with Gasteiger partial charge in [0.25, 0.3) is 0 Å².